The van der Waals surface area contributed by atoms with Gasteiger partial charge in [0.15, 0.2) is 0 Å². The van der Waals surface area contributed by atoms with Crippen molar-refractivity contribution in [2.45, 2.75) is 81.1 Å². The SMILES string of the molecule is CCC1=C(CC)c2nc1cc1[n-]c(c(C)c1C)c(C=O)c1[n-]c(cc3[n-]c2c(CC)c3CC)c(C)c1C.[Co+3].c1ccc(P(c2ccccc2)c2ccccc2)cc1. The van der Waals surface area contributed by atoms with Gasteiger partial charge in [-0.1, -0.05) is 164 Å². The number of nitrogens with zero attached hydrogens (tertiary/aromatic N) is 4. The van der Waals surface area contributed by atoms with Gasteiger partial charge in [0, 0.05) is 0 Å². The predicted molar refractivity (Wildman–Crippen MR) is 239 cm³/mol. The Bertz CT molecular complexity index is 2590. The van der Waals surface area contributed by atoms with Crippen molar-refractivity contribution in [3.8, 4) is 0 Å². The van der Waals surface area contributed by atoms with Crippen molar-refractivity contribution in [2.24, 2.45) is 0 Å². The van der Waals surface area contributed by atoms with Crippen LogP contribution in [0.5, 0.6) is 0 Å². The predicted octanol–water partition coefficient (Wildman–Crippen LogP) is 10.8. The summed E-state index contributed by atoms with van der Waals surface area (Å²) < 4.78 is 0. The number of aromatic nitrogens is 4. The zero-order chi connectivity index (χ0) is 39.5. The summed E-state index contributed by atoms with van der Waals surface area (Å²) in [5.41, 5.74) is 16.8. The molecule has 7 heteroatoms. The van der Waals surface area contributed by atoms with E-state index < -0.39 is 7.92 Å². The van der Waals surface area contributed by atoms with Crippen LogP contribution in [-0.2, 0) is 29.6 Å². The van der Waals surface area contributed by atoms with E-state index in [1.165, 1.54) is 38.2 Å². The summed E-state index contributed by atoms with van der Waals surface area (Å²) in [4.78, 5) is 32.9. The summed E-state index contributed by atoms with van der Waals surface area (Å²) in [6.07, 6.45) is 4.47. The van der Waals surface area contributed by atoms with Crippen molar-refractivity contribution in [1.29, 1.82) is 0 Å². The van der Waals surface area contributed by atoms with E-state index in [0.717, 1.165) is 87.7 Å². The molecule has 0 atom stereocenters. The summed E-state index contributed by atoms with van der Waals surface area (Å²) in [5, 5.41) is 4.19. The number of benzene rings is 3. The zero-order valence-corrected chi connectivity index (χ0v) is 36.1. The van der Waals surface area contributed by atoms with Crippen LogP contribution >= 0.6 is 7.92 Å². The Labute approximate surface area is 348 Å². The normalized spacial score (nSPS) is 11.8. The van der Waals surface area contributed by atoms with Gasteiger partial charge in [0.1, 0.15) is 6.29 Å². The van der Waals surface area contributed by atoms with Crippen LogP contribution < -0.4 is 30.9 Å². The molecule has 0 fully saturated rings. The van der Waals surface area contributed by atoms with E-state index in [9.17, 15) is 4.79 Å². The van der Waals surface area contributed by atoms with Crippen LogP contribution in [0.25, 0.3) is 44.2 Å². The molecule has 0 radical (unpaired) electrons. The van der Waals surface area contributed by atoms with Crippen molar-refractivity contribution in [2.75, 3.05) is 0 Å². The van der Waals surface area contributed by atoms with E-state index in [2.05, 4.69) is 145 Å². The third kappa shape index (κ3) is 7.84. The standard InChI is InChI=1S/C32H36N4O.C18H15P.Co/c1-9-20-22(11-3)31-32-23(12-4)21(10-2)28(36-32)14-26-17(6)19(8)30(34-26)24(15-37)29-18(7)16(5)25(33-29)13-27(20)35-31;1-4-10-16(11-5-1)19(17-12-6-2-7-13-17)18-14-8-3-9-15-18;/h13-15H,9-12H2,1-8H3,(H-2,33,34,35,36,37);1-15H;/q-2;;+3/p-1. The molecule has 0 unspecified atom stereocenters. The number of aryl methyl sites for hydroxylation is 6. The van der Waals surface area contributed by atoms with Crippen LogP contribution in [0.1, 0.15) is 95.7 Å². The van der Waals surface area contributed by atoms with E-state index in [-0.39, 0.29) is 16.8 Å². The molecule has 0 amide bonds. The number of allylic oxidation sites excluding steroid dienone is 2. The largest absolute Gasteiger partial charge is 3.00 e. The first-order valence-corrected chi connectivity index (χ1v) is 21.2. The molecule has 0 spiro atoms. The Balaban J connectivity index is 0.000000231. The van der Waals surface area contributed by atoms with Crippen LogP contribution in [0.2, 0.25) is 0 Å². The second-order valence-corrected chi connectivity index (χ2v) is 16.6. The van der Waals surface area contributed by atoms with Gasteiger partial charge in [-0.15, -0.1) is 33.1 Å². The molecule has 3 aromatic carbocycles. The molecule has 0 saturated heterocycles. The van der Waals surface area contributed by atoms with Gasteiger partial charge in [-0.25, -0.2) is 4.98 Å². The van der Waals surface area contributed by atoms with Crippen molar-refractivity contribution >= 4 is 74.4 Å². The van der Waals surface area contributed by atoms with E-state index in [1.807, 2.05) is 13.8 Å². The fourth-order valence-corrected chi connectivity index (χ4v) is 10.4. The Morgan fingerprint density at radius 3 is 1.39 bits per heavy atom. The molecule has 290 valence electrons. The molecule has 8 bridgehead atoms. The monoisotopic (exact) mass is 812 g/mol. The van der Waals surface area contributed by atoms with Crippen molar-refractivity contribution in [1.82, 2.24) is 19.9 Å². The smallest absolute Gasteiger partial charge is 0.657 e. The van der Waals surface area contributed by atoms with Gasteiger partial charge in [-0.3, -0.25) is 4.79 Å². The number of carbonyl (C=O) groups is 1. The summed E-state index contributed by atoms with van der Waals surface area (Å²) >= 11 is 0. The van der Waals surface area contributed by atoms with Gasteiger partial charge in [-0.05, 0) is 93.9 Å². The van der Waals surface area contributed by atoms with Gasteiger partial charge in [0.25, 0.3) is 0 Å². The molecular formula is C50H50CoN4OP. The second-order valence-electron chi connectivity index (χ2n) is 14.4. The van der Waals surface area contributed by atoms with Gasteiger partial charge < -0.3 is 15.0 Å². The molecular weight excluding hydrogens is 762 g/mol. The number of aldehydes is 1. The fraction of sp³-hybridized carbons (Fsp3) is 0.240. The second kappa shape index (κ2) is 18.1. The Morgan fingerprint density at radius 2 is 0.965 bits per heavy atom. The Hall–Kier alpha value is -5.00. The van der Waals surface area contributed by atoms with Gasteiger partial charge >= 0.3 is 16.8 Å². The minimum absolute atomic E-state index is 0. The third-order valence-corrected chi connectivity index (χ3v) is 13.8. The van der Waals surface area contributed by atoms with Crippen molar-refractivity contribution < 1.29 is 21.6 Å². The number of hydrogen-bond donors (Lipinski definition) is 0. The molecule has 5 heterocycles. The van der Waals surface area contributed by atoms with Crippen LogP contribution in [0.4, 0.5) is 0 Å². The number of carbonyl (C=O) groups excluding carboxylic acids is 1. The van der Waals surface area contributed by atoms with Crippen LogP contribution in [0.15, 0.2) is 103 Å². The van der Waals surface area contributed by atoms with Gasteiger partial charge in [0.05, 0.1) is 11.4 Å². The number of fused-ring (bicyclic) bond motifs is 9. The quantitative estimate of drug-likeness (QED) is 0.113. The molecule has 5 nitrogen and oxygen atoms in total. The maximum Gasteiger partial charge on any atom is 3.00 e. The van der Waals surface area contributed by atoms with Crippen LogP contribution in [0, 0.1) is 27.7 Å². The summed E-state index contributed by atoms with van der Waals surface area (Å²) in [7, 11) is -0.446. The van der Waals surface area contributed by atoms with Crippen molar-refractivity contribution in [3.63, 3.8) is 0 Å². The van der Waals surface area contributed by atoms with E-state index in [4.69, 9.17) is 19.9 Å². The maximum atomic E-state index is 12.5. The molecule has 1 aliphatic heterocycles. The number of hydrogen-bond acceptors (Lipinski definition) is 2. The molecule has 8 rings (SSSR count). The zero-order valence-electron chi connectivity index (χ0n) is 34.2. The van der Waals surface area contributed by atoms with E-state index in [0.29, 0.717) is 16.6 Å². The molecule has 1 aliphatic rings. The first kappa shape index (κ1) is 41.6. The first-order valence-electron chi connectivity index (χ1n) is 19.9. The van der Waals surface area contributed by atoms with Gasteiger partial charge in [-0.2, -0.15) is 0 Å². The average molecular weight is 813 g/mol. The van der Waals surface area contributed by atoms with Crippen molar-refractivity contribution in [3.05, 3.63) is 153 Å². The Morgan fingerprint density at radius 1 is 0.526 bits per heavy atom. The van der Waals surface area contributed by atoms with E-state index in [1.54, 1.807) is 0 Å². The Kier molecular flexibility index (Phi) is 13.2. The van der Waals surface area contributed by atoms with Crippen LogP contribution in [0.3, 0.4) is 0 Å². The molecule has 7 aromatic rings. The first-order chi connectivity index (χ1) is 27.2. The topological polar surface area (TPSA) is 72.3 Å². The summed E-state index contributed by atoms with van der Waals surface area (Å²) in [5.74, 6) is 0. The minimum Gasteiger partial charge on any atom is -0.657 e. The summed E-state index contributed by atoms with van der Waals surface area (Å²) in [6.45, 7) is 17.0. The average Bonchev–Trinajstić information content (AvgIpc) is 3.94. The minimum atomic E-state index is -0.446. The molecule has 0 saturated carbocycles. The number of rotatable bonds is 8. The van der Waals surface area contributed by atoms with Crippen LogP contribution in [-0.4, -0.2) is 11.3 Å². The third-order valence-electron chi connectivity index (χ3n) is 11.3. The molecule has 0 aliphatic carbocycles. The molecule has 4 aromatic heterocycles. The summed E-state index contributed by atoms with van der Waals surface area (Å²) in [6, 6.07) is 36.5. The van der Waals surface area contributed by atoms with E-state index >= 15 is 0 Å². The van der Waals surface area contributed by atoms with Gasteiger partial charge in [0.2, 0.25) is 0 Å². The molecule has 57 heavy (non-hydrogen) atoms. The fourth-order valence-electron chi connectivity index (χ4n) is 8.07. The maximum absolute atomic E-state index is 12.5. The molecule has 0 N–H and O–H groups in total.